The predicted octanol–water partition coefficient (Wildman–Crippen LogP) is 2.68. The molecule has 0 aliphatic carbocycles. The zero-order valence-electron chi connectivity index (χ0n) is 6.71. The number of carboxylic acid groups (broad SMARTS) is 1. The molecule has 4 nitrogen and oxygen atoms in total. The van der Waals surface area contributed by atoms with Crippen molar-refractivity contribution >= 4 is 44.5 Å². The van der Waals surface area contributed by atoms with E-state index in [1.165, 1.54) is 12.1 Å². The van der Waals surface area contributed by atoms with Crippen molar-refractivity contribution in [2.75, 3.05) is 0 Å². The summed E-state index contributed by atoms with van der Waals surface area (Å²) in [4.78, 5) is 17.7. The fourth-order valence-electron chi connectivity index (χ4n) is 1.16. The molecule has 0 amide bonds. The van der Waals surface area contributed by atoms with E-state index in [2.05, 4.69) is 25.9 Å². The Morgan fingerprint density at radius 1 is 1.57 bits per heavy atom. The van der Waals surface area contributed by atoms with E-state index in [0.717, 1.165) is 0 Å². The number of nitrogens with one attached hydrogen (secondary N) is 1. The monoisotopic (exact) mass is 274 g/mol. The van der Waals surface area contributed by atoms with Crippen LogP contribution in [0, 0.1) is 0 Å². The molecule has 1 aromatic carbocycles. The first-order chi connectivity index (χ1) is 6.58. The second-order valence-electron chi connectivity index (χ2n) is 2.68. The van der Waals surface area contributed by atoms with Gasteiger partial charge in [0.15, 0.2) is 4.73 Å². The summed E-state index contributed by atoms with van der Waals surface area (Å²) >= 11 is 8.92. The Balaban J connectivity index is 2.76. The van der Waals surface area contributed by atoms with Gasteiger partial charge in [0, 0.05) is 0 Å². The van der Waals surface area contributed by atoms with Gasteiger partial charge in [-0.25, -0.2) is 9.78 Å². The lowest BCUT2D eigenvalue weighted by Crippen LogP contribution is -1.96. The standard InChI is InChI=1S/C8H4BrClN2O2/c9-8-11-5-1-3(7(13)14)4(10)2-6(5)12-8/h1-2H,(H,11,12)(H,13,14). The summed E-state index contributed by atoms with van der Waals surface area (Å²) < 4.78 is 0.547. The van der Waals surface area contributed by atoms with Crippen LogP contribution in [0.3, 0.4) is 0 Å². The third-order valence-corrected chi connectivity index (χ3v) is 2.46. The van der Waals surface area contributed by atoms with Gasteiger partial charge >= 0.3 is 5.97 Å². The molecule has 6 heteroatoms. The number of hydrogen-bond donors (Lipinski definition) is 2. The van der Waals surface area contributed by atoms with E-state index in [9.17, 15) is 4.79 Å². The number of aromatic amines is 1. The van der Waals surface area contributed by atoms with Crippen LogP contribution in [0.15, 0.2) is 16.9 Å². The number of aromatic nitrogens is 2. The van der Waals surface area contributed by atoms with E-state index in [4.69, 9.17) is 16.7 Å². The Kier molecular flexibility index (Phi) is 2.20. The van der Waals surface area contributed by atoms with Crippen molar-refractivity contribution in [3.05, 3.63) is 27.5 Å². The van der Waals surface area contributed by atoms with Crippen LogP contribution in [-0.2, 0) is 0 Å². The van der Waals surface area contributed by atoms with Crippen molar-refractivity contribution in [3.63, 3.8) is 0 Å². The highest BCUT2D eigenvalue weighted by Gasteiger charge is 2.11. The predicted molar refractivity (Wildman–Crippen MR) is 55.8 cm³/mol. The van der Waals surface area contributed by atoms with Crippen molar-refractivity contribution in [2.24, 2.45) is 0 Å². The summed E-state index contributed by atoms with van der Waals surface area (Å²) in [6, 6.07) is 2.97. The molecule has 0 fully saturated rings. The highest BCUT2D eigenvalue weighted by Crippen LogP contribution is 2.23. The number of hydrogen-bond acceptors (Lipinski definition) is 2. The molecule has 0 spiro atoms. The molecule has 0 saturated heterocycles. The molecule has 0 aliphatic heterocycles. The SMILES string of the molecule is O=C(O)c1cc2nc(Br)[nH]c2cc1Cl. The van der Waals surface area contributed by atoms with Gasteiger partial charge in [-0.1, -0.05) is 11.6 Å². The van der Waals surface area contributed by atoms with Crippen LogP contribution in [0.1, 0.15) is 10.4 Å². The first-order valence-corrected chi connectivity index (χ1v) is 4.83. The Morgan fingerprint density at radius 3 is 2.93 bits per heavy atom. The lowest BCUT2D eigenvalue weighted by Gasteiger charge is -1.97. The Labute approximate surface area is 92.0 Å². The van der Waals surface area contributed by atoms with E-state index in [1.807, 2.05) is 0 Å². The van der Waals surface area contributed by atoms with Crippen LogP contribution in [0.2, 0.25) is 5.02 Å². The van der Waals surface area contributed by atoms with E-state index in [0.29, 0.717) is 15.8 Å². The Bertz CT molecular complexity index is 523. The minimum absolute atomic E-state index is 0.0539. The lowest BCUT2D eigenvalue weighted by atomic mass is 10.2. The Hall–Kier alpha value is -1.07. The zero-order valence-corrected chi connectivity index (χ0v) is 9.06. The first-order valence-electron chi connectivity index (χ1n) is 3.66. The van der Waals surface area contributed by atoms with Gasteiger partial charge in [-0.15, -0.1) is 0 Å². The number of carboxylic acids is 1. The molecule has 0 radical (unpaired) electrons. The van der Waals surface area contributed by atoms with Crippen molar-refractivity contribution in [3.8, 4) is 0 Å². The number of imidazole rings is 1. The molecular weight excluding hydrogens is 271 g/mol. The summed E-state index contributed by atoms with van der Waals surface area (Å²) in [6.07, 6.45) is 0. The minimum Gasteiger partial charge on any atom is -0.478 e. The number of halogens is 2. The van der Waals surface area contributed by atoms with Crippen LogP contribution < -0.4 is 0 Å². The molecule has 1 aromatic heterocycles. The van der Waals surface area contributed by atoms with Crippen LogP contribution in [0.4, 0.5) is 0 Å². The van der Waals surface area contributed by atoms with E-state index in [1.54, 1.807) is 0 Å². The van der Waals surface area contributed by atoms with Gasteiger partial charge in [0.2, 0.25) is 0 Å². The summed E-state index contributed by atoms with van der Waals surface area (Å²) in [5.41, 5.74) is 1.32. The van der Waals surface area contributed by atoms with Gasteiger partial charge < -0.3 is 10.1 Å². The number of aromatic carboxylic acids is 1. The lowest BCUT2D eigenvalue weighted by molar-refractivity contribution is 0.0697. The second kappa shape index (κ2) is 3.25. The molecule has 1 heterocycles. The van der Waals surface area contributed by atoms with Crippen LogP contribution >= 0.6 is 27.5 Å². The van der Waals surface area contributed by atoms with E-state index < -0.39 is 5.97 Å². The fourth-order valence-corrected chi connectivity index (χ4v) is 1.81. The maximum absolute atomic E-state index is 10.7. The quantitative estimate of drug-likeness (QED) is 0.841. The van der Waals surface area contributed by atoms with Crippen molar-refractivity contribution in [1.82, 2.24) is 9.97 Å². The van der Waals surface area contributed by atoms with Gasteiger partial charge in [-0.05, 0) is 28.1 Å². The maximum atomic E-state index is 10.7. The zero-order chi connectivity index (χ0) is 10.3. The highest BCUT2D eigenvalue weighted by molar-refractivity contribution is 9.10. The number of H-pyrrole nitrogens is 1. The number of carbonyl (C=O) groups is 1. The molecular formula is C8H4BrClN2O2. The number of rotatable bonds is 1. The summed E-state index contributed by atoms with van der Waals surface area (Å²) in [5, 5.41) is 8.99. The Morgan fingerprint density at radius 2 is 2.29 bits per heavy atom. The molecule has 0 saturated carbocycles. The molecule has 72 valence electrons. The van der Waals surface area contributed by atoms with Crippen LogP contribution in [0.5, 0.6) is 0 Å². The first kappa shape index (κ1) is 9.48. The summed E-state index contributed by atoms with van der Waals surface area (Å²) in [7, 11) is 0. The largest absolute Gasteiger partial charge is 0.478 e. The molecule has 0 bridgehead atoms. The van der Waals surface area contributed by atoms with Crippen molar-refractivity contribution < 1.29 is 9.90 Å². The summed E-state index contributed by atoms with van der Waals surface area (Å²) in [6.45, 7) is 0. The maximum Gasteiger partial charge on any atom is 0.337 e. The van der Waals surface area contributed by atoms with Gasteiger partial charge in [0.25, 0.3) is 0 Å². The fraction of sp³-hybridized carbons (Fsp3) is 0. The third kappa shape index (κ3) is 1.49. The van der Waals surface area contributed by atoms with Gasteiger partial charge in [0.1, 0.15) is 0 Å². The van der Waals surface area contributed by atoms with Gasteiger partial charge in [-0.2, -0.15) is 0 Å². The number of nitrogens with zero attached hydrogens (tertiary/aromatic N) is 1. The second-order valence-corrected chi connectivity index (χ2v) is 3.84. The molecule has 0 aliphatic rings. The van der Waals surface area contributed by atoms with Gasteiger partial charge in [0.05, 0.1) is 21.6 Å². The average Bonchev–Trinajstić information content (AvgIpc) is 2.42. The smallest absolute Gasteiger partial charge is 0.337 e. The average molecular weight is 275 g/mol. The molecule has 2 N–H and O–H groups in total. The molecule has 2 rings (SSSR count). The number of fused-ring (bicyclic) bond motifs is 1. The van der Waals surface area contributed by atoms with Crippen LogP contribution in [0.25, 0.3) is 11.0 Å². The molecule has 14 heavy (non-hydrogen) atoms. The van der Waals surface area contributed by atoms with E-state index in [-0.39, 0.29) is 10.6 Å². The van der Waals surface area contributed by atoms with E-state index >= 15 is 0 Å². The highest BCUT2D eigenvalue weighted by atomic mass is 79.9. The van der Waals surface area contributed by atoms with Gasteiger partial charge in [-0.3, -0.25) is 0 Å². The van der Waals surface area contributed by atoms with Crippen molar-refractivity contribution in [2.45, 2.75) is 0 Å². The normalized spacial score (nSPS) is 10.7. The molecule has 0 unspecified atom stereocenters. The summed E-state index contributed by atoms with van der Waals surface area (Å²) in [5.74, 6) is -1.06. The molecule has 0 atom stereocenters. The topological polar surface area (TPSA) is 66.0 Å². The van der Waals surface area contributed by atoms with Crippen LogP contribution in [-0.4, -0.2) is 21.0 Å². The molecule has 2 aromatic rings. The minimum atomic E-state index is -1.06. The number of benzene rings is 1. The van der Waals surface area contributed by atoms with Crippen molar-refractivity contribution in [1.29, 1.82) is 0 Å². The third-order valence-electron chi connectivity index (χ3n) is 1.77.